The van der Waals surface area contributed by atoms with Crippen molar-refractivity contribution in [2.75, 3.05) is 0 Å². The number of hydrogen-bond acceptors (Lipinski definition) is 6. The predicted molar refractivity (Wildman–Crippen MR) is 131 cm³/mol. The van der Waals surface area contributed by atoms with Gasteiger partial charge in [-0.25, -0.2) is 9.97 Å². The highest BCUT2D eigenvalue weighted by molar-refractivity contribution is 7.14. The minimum absolute atomic E-state index is 0.680. The van der Waals surface area contributed by atoms with E-state index in [9.17, 15) is 0 Å². The molecule has 0 saturated carbocycles. The largest absolute Gasteiger partial charge is 0.460 e. The van der Waals surface area contributed by atoms with Gasteiger partial charge in [0.2, 0.25) is 0 Å². The van der Waals surface area contributed by atoms with Crippen LogP contribution in [-0.2, 0) is 0 Å². The predicted octanol–water partition coefficient (Wildman–Crippen LogP) is 8.22. The van der Waals surface area contributed by atoms with Crippen molar-refractivity contribution in [3.05, 3.63) is 82.9 Å². The molecule has 1 aromatic carbocycles. The van der Waals surface area contributed by atoms with Crippen molar-refractivity contribution in [3.63, 3.8) is 0 Å². The number of fused-ring (bicyclic) bond motifs is 1. The van der Waals surface area contributed by atoms with E-state index in [4.69, 9.17) is 18.8 Å². The summed E-state index contributed by atoms with van der Waals surface area (Å²) < 4.78 is 12.0. The minimum Gasteiger partial charge on any atom is -0.460 e. The van der Waals surface area contributed by atoms with Crippen molar-refractivity contribution >= 4 is 33.7 Å². The van der Waals surface area contributed by atoms with Crippen molar-refractivity contribution in [1.82, 2.24) is 9.97 Å². The molecule has 5 aromatic heterocycles. The number of thiophene rings is 2. The van der Waals surface area contributed by atoms with E-state index in [-0.39, 0.29) is 0 Å². The summed E-state index contributed by atoms with van der Waals surface area (Å²) in [6, 6.07) is 20.4. The van der Waals surface area contributed by atoms with Crippen LogP contribution in [0.15, 0.2) is 80.3 Å². The first-order valence-corrected chi connectivity index (χ1v) is 12.0. The van der Waals surface area contributed by atoms with Crippen LogP contribution in [0.1, 0.15) is 11.5 Å². The average Bonchev–Trinajstić information content (AvgIpc) is 3.60. The molecule has 6 rings (SSSR count). The van der Waals surface area contributed by atoms with Crippen LogP contribution in [0.25, 0.3) is 54.8 Å². The molecule has 0 N–H and O–H groups in total. The molecule has 0 aliphatic heterocycles. The van der Waals surface area contributed by atoms with Crippen molar-refractivity contribution in [3.8, 4) is 43.8 Å². The van der Waals surface area contributed by atoms with E-state index in [2.05, 4.69) is 47.2 Å². The van der Waals surface area contributed by atoms with E-state index in [0.29, 0.717) is 22.9 Å². The molecule has 0 aliphatic rings. The molecule has 6 heteroatoms. The molecule has 0 fully saturated rings. The molecule has 4 nitrogen and oxygen atoms in total. The average molecular weight is 455 g/mol. The quantitative estimate of drug-likeness (QED) is 0.269. The second-order valence-corrected chi connectivity index (χ2v) is 9.45. The Balaban J connectivity index is 1.73. The maximum atomic E-state index is 5.98. The van der Waals surface area contributed by atoms with Crippen LogP contribution in [-0.4, -0.2) is 9.97 Å². The monoisotopic (exact) mass is 454 g/mol. The SMILES string of the molecule is Cc1ccc(-c2nc3c(-c4cccs4)ccc(-c4cccs4)c3nc2-c2ccc(C)o2)o1. The van der Waals surface area contributed by atoms with Gasteiger partial charge >= 0.3 is 0 Å². The minimum atomic E-state index is 0.680. The number of aryl methyl sites for hydroxylation is 2. The summed E-state index contributed by atoms with van der Waals surface area (Å²) in [5.74, 6) is 3.02. The van der Waals surface area contributed by atoms with Gasteiger partial charge in [-0.05, 0) is 61.0 Å². The summed E-state index contributed by atoms with van der Waals surface area (Å²) >= 11 is 3.39. The third-order valence-electron chi connectivity index (χ3n) is 5.34. The molecule has 5 heterocycles. The zero-order valence-electron chi connectivity index (χ0n) is 17.5. The van der Waals surface area contributed by atoms with Gasteiger partial charge in [-0.15, -0.1) is 22.7 Å². The van der Waals surface area contributed by atoms with E-state index in [1.807, 2.05) is 38.1 Å². The Bertz CT molecular complexity index is 1420. The summed E-state index contributed by atoms with van der Waals surface area (Å²) in [4.78, 5) is 12.6. The van der Waals surface area contributed by atoms with E-state index in [0.717, 1.165) is 43.4 Å². The Morgan fingerprint density at radius 1 is 0.594 bits per heavy atom. The van der Waals surface area contributed by atoms with Gasteiger partial charge < -0.3 is 8.83 Å². The van der Waals surface area contributed by atoms with Gasteiger partial charge in [0.1, 0.15) is 22.9 Å². The molecule has 0 radical (unpaired) electrons. The molecule has 0 atom stereocenters. The molecule has 0 saturated heterocycles. The standard InChI is InChI=1S/C26H18N2O2S2/c1-15-7-11-19(29-15)25-26(20-12-8-16(2)30-20)28-24-18(22-6-4-14-32-22)10-9-17(23(24)27-25)21-5-3-13-31-21/h3-14H,1-2H3. The van der Waals surface area contributed by atoms with Gasteiger partial charge in [-0.1, -0.05) is 24.3 Å². The van der Waals surface area contributed by atoms with Crippen molar-refractivity contribution in [1.29, 1.82) is 0 Å². The summed E-state index contributed by atoms with van der Waals surface area (Å²) in [6.07, 6.45) is 0. The van der Waals surface area contributed by atoms with E-state index in [1.165, 1.54) is 0 Å². The van der Waals surface area contributed by atoms with Crippen LogP contribution in [0.2, 0.25) is 0 Å². The molecular weight excluding hydrogens is 436 g/mol. The molecule has 0 spiro atoms. The normalized spacial score (nSPS) is 11.4. The highest BCUT2D eigenvalue weighted by Gasteiger charge is 2.22. The number of benzene rings is 1. The lowest BCUT2D eigenvalue weighted by Gasteiger charge is -2.12. The van der Waals surface area contributed by atoms with Crippen LogP contribution in [0, 0.1) is 13.8 Å². The number of aromatic nitrogens is 2. The number of rotatable bonds is 4. The first kappa shape index (κ1) is 19.2. The molecule has 0 bridgehead atoms. The Morgan fingerprint density at radius 2 is 1.06 bits per heavy atom. The smallest absolute Gasteiger partial charge is 0.155 e. The fourth-order valence-electron chi connectivity index (χ4n) is 3.86. The number of furan rings is 2. The van der Waals surface area contributed by atoms with Gasteiger partial charge in [0.15, 0.2) is 11.5 Å². The zero-order valence-corrected chi connectivity index (χ0v) is 19.1. The van der Waals surface area contributed by atoms with Gasteiger partial charge in [0.25, 0.3) is 0 Å². The maximum absolute atomic E-state index is 5.98. The third kappa shape index (κ3) is 3.20. The summed E-state index contributed by atoms with van der Waals surface area (Å²) in [7, 11) is 0. The molecule has 6 aromatic rings. The van der Waals surface area contributed by atoms with Crippen molar-refractivity contribution < 1.29 is 8.83 Å². The van der Waals surface area contributed by atoms with Crippen LogP contribution >= 0.6 is 22.7 Å². The van der Waals surface area contributed by atoms with Gasteiger partial charge in [0, 0.05) is 20.9 Å². The van der Waals surface area contributed by atoms with E-state index >= 15 is 0 Å². The summed E-state index contributed by atoms with van der Waals surface area (Å²) in [5.41, 5.74) is 5.20. The van der Waals surface area contributed by atoms with E-state index in [1.54, 1.807) is 22.7 Å². The molecule has 0 aliphatic carbocycles. The zero-order chi connectivity index (χ0) is 21.7. The van der Waals surface area contributed by atoms with Crippen molar-refractivity contribution in [2.45, 2.75) is 13.8 Å². The Hall–Kier alpha value is -3.48. The molecular formula is C26H18N2O2S2. The van der Waals surface area contributed by atoms with Crippen LogP contribution in [0.4, 0.5) is 0 Å². The lowest BCUT2D eigenvalue weighted by Crippen LogP contribution is -1.97. The maximum Gasteiger partial charge on any atom is 0.155 e. The fourth-order valence-corrected chi connectivity index (χ4v) is 5.37. The lowest BCUT2D eigenvalue weighted by molar-refractivity contribution is 0.539. The van der Waals surface area contributed by atoms with E-state index < -0.39 is 0 Å². The van der Waals surface area contributed by atoms with Crippen LogP contribution in [0.3, 0.4) is 0 Å². The Labute approximate surface area is 192 Å². The molecule has 0 unspecified atom stereocenters. The Morgan fingerprint density at radius 3 is 1.41 bits per heavy atom. The number of hydrogen-bond donors (Lipinski definition) is 0. The lowest BCUT2D eigenvalue weighted by atomic mass is 10.0. The highest BCUT2D eigenvalue weighted by atomic mass is 32.1. The second-order valence-electron chi connectivity index (χ2n) is 7.55. The van der Waals surface area contributed by atoms with Gasteiger partial charge in [-0.3, -0.25) is 0 Å². The highest BCUT2D eigenvalue weighted by Crippen LogP contribution is 2.41. The molecule has 156 valence electrons. The van der Waals surface area contributed by atoms with Gasteiger partial charge in [-0.2, -0.15) is 0 Å². The summed E-state index contributed by atoms with van der Waals surface area (Å²) in [6.45, 7) is 3.86. The first-order valence-electron chi connectivity index (χ1n) is 10.2. The third-order valence-corrected chi connectivity index (χ3v) is 7.15. The number of nitrogens with zero attached hydrogens (tertiary/aromatic N) is 2. The van der Waals surface area contributed by atoms with Crippen LogP contribution in [0.5, 0.6) is 0 Å². The molecule has 32 heavy (non-hydrogen) atoms. The van der Waals surface area contributed by atoms with Crippen LogP contribution < -0.4 is 0 Å². The second kappa shape index (κ2) is 7.58. The Kier molecular flexibility index (Phi) is 4.56. The van der Waals surface area contributed by atoms with Gasteiger partial charge in [0.05, 0.1) is 11.0 Å². The summed E-state index contributed by atoms with van der Waals surface area (Å²) in [5, 5.41) is 4.16. The van der Waals surface area contributed by atoms with Crippen molar-refractivity contribution in [2.24, 2.45) is 0 Å². The fraction of sp³-hybridized carbons (Fsp3) is 0.0769. The first-order chi connectivity index (χ1) is 15.7. The topological polar surface area (TPSA) is 52.1 Å². The molecule has 0 amide bonds.